The van der Waals surface area contributed by atoms with Gasteiger partial charge in [0.1, 0.15) is 0 Å². The van der Waals surface area contributed by atoms with Gasteiger partial charge in [0.25, 0.3) is 5.69 Å². The Labute approximate surface area is 129 Å². The average molecular weight is 317 g/mol. The summed E-state index contributed by atoms with van der Waals surface area (Å²) in [7, 11) is 3.31. The van der Waals surface area contributed by atoms with E-state index in [0.717, 1.165) is 25.1 Å². The molecule has 1 aromatic rings. The Bertz CT molecular complexity index is 457. The van der Waals surface area contributed by atoms with Crippen LogP contribution in [0.25, 0.3) is 0 Å². The van der Waals surface area contributed by atoms with Gasteiger partial charge >= 0.3 is 0 Å². The van der Waals surface area contributed by atoms with Crippen molar-refractivity contribution in [3.05, 3.63) is 38.9 Å². The molecule has 0 amide bonds. The molecule has 0 spiro atoms. The summed E-state index contributed by atoms with van der Waals surface area (Å²) in [4.78, 5) is 12.6. The normalized spacial score (nSPS) is 11.0. The summed E-state index contributed by atoms with van der Waals surface area (Å²) in [6, 6.07) is 4.51. The Hall–Kier alpha value is -1.21. The molecule has 1 aromatic carbocycles. The van der Waals surface area contributed by atoms with Gasteiger partial charge in [-0.25, -0.2) is 0 Å². The van der Waals surface area contributed by atoms with Gasteiger partial charge in [-0.15, -0.1) is 0 Å². The molecule has 0 N–H and O–H groups in total. The molecule has 118 valence electrons. The SMILES string of the molecule is COCCCN(CCOC)Cc1cc([N+](=O)[O-])ccc1Cl. The van der Waals surface area contributed by atoms with Gasteiger partial charge in [-0.3, -0.25) is 15.0 Å². The van der Waals surface area contributed by atoms with Crippen molar-refractivity contribution < 1.29 is 14.4 Å². The molecule has 0 aliphatic heterocycles. The minimum Gasteiger partial charge on any atom is -0.385 e. The van der Waals surface area contributed by atoms with E-state index in [1.165, 1.54) is 12.1 Å². The van der Waals surface area contributed by atoms with E-state index in [1.807, 2.05) is 0 Å². The Morgan fingerprint density at radius 1 is 1.24 bits per heavy atom. The van der Waals surface area contributed by atoms with E-state index in [2.05, 4.69) is 4.90 Å². The van der Waals surface area contributed by atoms with Gasteiger partial charge in [0.2, 0.25) is 0 Å². The highest BCUT2D eigenvalue weighted by Gasteiger charge is 2.13. The Kier molecular flexibility index (Phi) is 8.22. The molecule has 0 saturated heterocycles. The van der Waals surface area contributed by atoms with Crippen LogP contribution in [0.2, 0.25) is 5.02 Å². The number of non-ortho nitro benzene ring substituents is 1. The fourth-order valence-corrected chi connectivity index (χ4v) is 2.14. The molecule has 0 aliphatic rings. The quantitative estimate of drug-likeness (QED) is 0.377. The van der Waals surface area contributed by atoms with Crippen molar-refractivity contribution in [3.8, 4) is 0 Å². The third kappa shape index (κ3) is 6.39. The zero-order chi connectivity index (χ0) is 15.7. The van der Waals surface area contributed by atoms with E-state index < -0.39 is 4.92 Å². The maximum Gasteiger partial charge on any atom is 0.269 e. The lowest BCUT2D eigenvalue weighted by atomic mass is 10.2. The molecule has 21 heavy (non-hydrogen) atoms. The van der Waals surface area contributed by atoms with Gasteiger partial charge < -0.3 is 9.47 Å². The van der Waals surface area contributed by atoms with Crippen molar-refractivity contribution in [2.45, 2.75) is 13.0 Å². The van der Waals surface area contributed by atoms with Gasteiger partial charge in [0.15, 0.2) is 0 Å². The summed E-state index contributed by atoms with van der Waals surface area (Å²) >= 11 is 6.14. The number of halogens is 1. The maximum atomic E-state index is 10.8. The van der Waals surface area contributed by atoms with Crippen LogP contribution in [0.4, 0.5) is 5.69 Å². The first-order valence-electron chi connectivity index (χ1n) is 6.71. The van der Waals surface area contributed by atoms with Crippen molar-refractivity contribution >= 4 is 17.3 Å². The van der Waals surface area contributed by atoms with Gasteiger partial charge in [-0.1, -0.05) is 11.6 Å². The zero-order valence-electron chi connectivity index (χ0n) is 12.4. The number of hydrogen-bond donors (Lipinski definition) is 0. The van der Waals surface area contributed by atoms with E-state index in [-0.39, 0.29) is 5.69 Å². The van der Waals surface area contributed by atoms with E-state index in [0.29, 0.717) is 24.8 Å². The largest absolute Gasteiger partial charge is 0.385 e. The van der Waals surface area contributed by atoms with Gasteiger partial charge in [-0.2, -0.15) is 0 Å². The lowest BCUT2D eigenvalue weighted by molar-refractivity contribution is -0.384. The van der Waals surface area contributed by atoms with Crippen LogP contribution in [0.3, 0.4) is 0 Å². The molecule has 0 heterocycles. The molecular formula is C14H21ClN2O4. The van der Waals surface area contributed by atoms with E-state index >= 15 is 0 Å². The first kappa shape index (κ1) is 17.8. The number of methoxy groups -OCH3 is 2. The number of ether oxygens (including phenoxy) is 2. The third-order valence-corrected chi connectivity index (χ3v) is 3.44. The highest BCUT2D eigenvalue weighted by Crippen LogP contribution is 2.23. The van der Waals surface area contributed by atoms with Crippen LogP contribution in [-0.4, -0.2) is 50.3 Å². The summed E-state index contributed by atoms with van der Waals surface area (Å²) in [6.45, 7) is 3.37. The molecule has 0 unspecified atom stereocenters. The topological polar surface area (TPSA) is 64.8 Å². The van der Waals surface area contributed by atoms with Crippen LogP contribution >= 0.6 is 11.6 Å². The molecular weight excluding hydrogens is 296 g/mol. The Balaban J connectivity index is 2.75. The zero-order valence-corrected chi connectivity index (χ0v) is 13.1. The number of nitro benzene ring substituents is 1. The average Bonchev–Trinajstić information content (AvgIpc) is 2.46. The number of benzene rings is 1. The molecule has 0 atom stereocenters. The second-order valence-corrected chi connectivity index (χ2v) is 5.06. The summed E-state index contributed by atoms with van der Waals surface area (Å²) in [5.41, 5.74) is 0.803. The molecule has 0 fully saturated rings. The van der Waals surface area contributed by atoms with Crippen molar-refractivity contribution in [2.75, 3.05) is 40.5 Å². The number of hydrogen-bond acceptors (Lipinski definition) is 5. The van der Waals surface area contributed by atoms with Gasteiger partial charge in [0, 0.05) is 57.6 Å². The highest BCUT2D eigenvalue weighted by atomic mass is 35.5. The minimum atomic E-state index is -0.412. The van der Waals surface area contributed by atoms with Gasteiger partial charge in [-0.05, 0) is 18.1 Å². The standard InChI is InChI=1S/C14H21ClN2O4/c1-20-8-3-6-16(7-9-21-2)11-12-10-13(17(18)19)4-5-14(12)15/h4-5,10H,3,6-9,11H2,1-2H3. The molecule has 0 aliphatic carbocycles. The van der Waals surface area contributed by atoms with Crippen LogP contribution in [0.5, 0.6) is 0 Å². The smallest absolute Gasteiger partial charge is 0.269 e. The molecule has 0 bridgehead atoms. The van der Waals surface area contributed by atoms with Crippen LogP contribution < -0.4 is 0 Å². The van der Waals surface area contributed by atoms with Crippen LogP contribution in [0.1, 0.15) is 12.0 Å². The maximum absolute atomic E-state index is 10.8. The third-order valence-electron chi connectivity index (χ3n) is 3.07. The van der Waals surface area contributed by atoms with E-state index in [4.69, 9.17) is 21.1 Å². The highest BCUT2D eigenvalue weighted by molar-refractivity contribution is 6.31. The van der Waals surface area contributed by atoms with Crippen LogP contribution in [0, 0.1) is 10.1 Å². The Morgan fingerprint density at radius 2 is 1.95 bits per heavy atom. The van der Waals surface area contributed by atoms with Crippen molar-refractivity contribution in [3.63, 3.8) is 0 Å². The second-order valence-electron chi connectivity index (χ2n) is 4.65. The monoisotopic (exact) mass is 316 g/mol. The summed E-state index contributed by atoms with van der Waals surface area (Å²) in [5.74, 6) is 0. The molecule has 6 nitrogen and oxygen atoms in total. The second kappa shape index (κ2) is 9.68. The van der Waals surface area contributed by atoms with Crippen molar-refractivity contribution in [1.29, 1.82) is 0 Å². The summed E-state index contributed by atoms with van der Waals surface area (Å²) in [5, 5.41) is 11.4. The summed E-state index contributed by atoms with van der Waals surface area (Å²) < 4.78 is 10.1. The molecule has 0 saturated carbocycles. The molecule has 0 radical (unpaired) electrons. The summed E-state index contributed by atoms with van der Waals surface area (Å²) in [6.07, 6.45) is 0.882. The Morgan fingerprint density at radius 3 is 2.57 bits per heavy atom. The fraction of sp³-hybridized carbons (Fsp3) is 0.571. The lowest BCUT2D eigenvalue weighted by Gasteiger charge is -2.22. The first-order valence-corrected chi connectivity index (χ1v) is 7.09. The van der Waals surface area contributed by atoms with Crippen molar-refractivity contribution in [1.82, 2.24) is 4.90 Å². The van der Waals surface area contributed by atoms with Gasteiger partial charge in [0.05, 0.1) is 11.5 Å². The van der Waals surface area contributed by atoms with E-state index in [1.54, 1.807) is 20.3 Å². The van der Waals surface area contributed by atoms with Crippen molar-refractivity contribution in [2.24, 2.45) is 0 Å². The van der Waals surface area contributed by atoms with Crippen LogP contribution in [0.15, 0.2) is 18.2 Å². The number of nitrogens with zero attached hydrogens (tertiary/aromatic N) is 2. The molecule has 1 rings (SSSR count). The number of nitro groups is 1. The molecule has 7 heteroatoms. The predicted octanol–water partition coefficient (Wildman–Crippen LogP) is 2.73. The molecule has 0 aromatic heterocycles. The number of rotatable bonds is 10. The minimum absolute atomic E-state index is 0.0537. The van der Waals surface area contributed by atoms with Crippen LogP contribution in [-0.2, 0) is 16.0 Å². The predicted molar refractivity (Wildman–Crippen MR) is 81.8 cm³/mol. The van der Waals surface area contributed by atoms with E-state index in [9.17, 15) is 10.1 Å². The fourth-order valence-electron chi connectivity index (χ4n) is 1.96. The first-order chi connectivity index (χ1) is 10.1. The lowest BCUT2D eigenvalue weighted by Crippen LogP contribution is -2.29.